The van der Waals surface area contributed by atoms with Crippen LogP contribution in [0.25, 0.3) is 0 Å². The average molecular weight is 227 g/mol. The van der Waals surface area contributed by atoms with Crippen molar-refractivity contribution in [3.63, 3.8) is 0 Å². The maximum Gasteiger partial charge on any atom is 0.209 e. The van der Waals surface area contributed by atoms with Crippen molar-refractivity contribution in [2.45, 2.75) is 49.8 Å². The van der Waals surface area contributed by atoms with Crippen molar-refractivity contribution in [2.24, 2.45) is 5.73 Å². The Labute approximate surface area is 93.8 Å². The van der Waals surface area contributed by atoms with Gasteiger partial charge in [-0.3, -0.25) is 0 Å². The van der Waals surface area contributed by atoms with Crippen LogP contribution in [0.15, 0.2) is 5.16 Å². The molecule has 2 N–H and O–H groups in total. The molecule has 0 radical (unpaired) electrons. The highest BCUT2D eigenvalue weighted by Crippen LogP contribution is 2.36. The van der Waals surface area contributed by atoms with Crippen molar-refractivity contribution in [3.05, 3.63) is 0 Å². The summed E-state index contributed by atoms with van der Waals surface area (Å²) < 4.78 is 1.95. The molecule has 84 valence electrons. The number of thioether (sulfide) groups is 1. The van der Waals surface area contributed by atoms with E-state index in [4.69, 9.17) is 5.73 Å². The highest BCUT2D eigenvalue weighted by molar-refractivity contribution is 7.99. The molecule has 1 unspecified atom stereocenters. The molecule has 1 aromatic heterocycles. The quantitative estimate of drug-likeness (QED) is 0.584. The minimum absolute atomic E-state index is 0.296. The van der Waals surface area contributed by atoms with E-state index in [2.05, 4.69) is 15.5 Å². The zero-order valence-electron chi connectivity index (χ0n) is 8.96. The Morgan fingerprint density at radius 3 is 3.07 bits per heavy atom. The number of hydrogen-bond donors (Lipinski definition) is 1. The number of aromatic nitrogens is 4. The molecule has 0 bridgehead atoms. The fourth-order valence-corrected chi connectivity index (χ4v) is 2.30. The number of tetrazole rings is 1. The molecule has 0 amide bonds. The molecule has 1 aliphatic carbocycles. The third-order valence-corrected chi connectivity index (χ3v) is 3.41. The molecule has 0 saturated heterocycles. The van der Waals surface area contributed by atoms with Gasteiger partial charge in [0.2, 0.25) is 5.16 Å². The fourth-order valence-electron chi connectivity index (χ4n) is 1.40. The van der Waals surface area contributed by atoms with Gasteiger partial charge >= 0.3 is 0 Å². The van der Waals surface area contributed by atoms with E-state index in [9.17, 15) is 0 Å². The molecule has 1 heterocycles. The van der Waals surface area contributed by atoms with Crippen molar-refractivity contribution >= 4 is 11.8 Å². The summed E-state index contributed by atoms with van der Waals surface area (Å²) in [6, 6.07) is 0.862. The fraction of sp³-hybridized carbons (Fsp3) is 0.889. The normalized spacial score (nSPS) is 18.0. The predicted octanol–water partition coefficient (Wildman–Crippen LogP) is 1.23. The lowest BCUT2D eigenvalue weighted by atomic mass is 10.2. The van der Waals surface area contributed by atoms with E-state index < -0.39 is 0 Å². The third kappa shape index (κ3) is 3.17. The number of nitrogens with two attached hydrogens (primary N) is 1. The summed E-state index contributed by atoms with van der Waals surface area (Å²) in [7, 11) is 0. The van der Waals surface area contributed by atoms with Crippen LogP contribution in [0.1, 0.15) is 38.6 Å². The van der Waals surface area contributed by atoms with E-state index >= 15 is 0 Å². The van der Waals surface area contributed by atoms with E-state index in [0.717, 1.165) is 23.8 Å². The molecule has 0 aromatic carbocycles. The zero-order chi connectivity index (χ0) is 10.7. The molecule has 2 rings (SSSR count). The summed E-state index contributed by atoms with van der Waals surface area (Å²) in [5.41, 5.74) is 5.69. The Balaban J connectivity index is 1.75. The smallest absolute Gasteiger partial charge is 0.209 e. The molecule has 15 heavy (non-hydrogen) atoms. The molecule has 1 saturated carbocycles. The van der Waals surface area contributed by atoms with E-state index in [0.29, 0.717) is 12.1 Å². The van der Waals surface area contributed by atoms with Gasteiger partial charge in [-0.2, -0.15) is 0 Å². The largest absolute Gasteiger partial charge is 0.328 e. The third-order valence-electron chi connectivity index (χ3n) is 2.39. The second-order valence-corrected chi connectivity index (χ2v) is 5.17. The van der Waals surface area contributed by atoms with Crippen molar-refractivity contribution in [2.75, 3.05) is 5.75 Å². The lowest BCUT2D eigenvalue weighted by Gasteiger charge is -2.04. The van der Waals surface area contributed by atoms with Crippen LogP contribution in [0.5, 0.6) is 0 Å². The van der Waals surface area contributed by atoms with Gasteiger partial charge in [-0.25, -0.2) is 4.68 Å². The first-order valence-corrected chi connectivity index (χ1v) is 6.42. The van der Waals surface area contributed by atoms with Gasteiger partial charge < -0.3 is 5.73 Å². The Kier molecular flexibility index (Phi) is 3.58. The van der Waals surface area contributed by atoms with Crippen LogP contribution in [0, 0.1) is 0 Å². The standard InChI is InChI=1S/C9H17N5S/c1-7(10)3-2-6-15-9-11-12-13-14(9)8-4-5-8/h7-8H,2-6,10H2,1H3. The van der Waals surface area contributed by atoms with Crippen LogP contribution in [0.3, 0.4) is 0 Å². The first-order chi connectivity index (χ1) is 7.27. The first-order valence-electron chi connectivity index (χ1n) is 5.43. The van der Waals surface area contributed by atoms with E-state index in [1.165, 1.54) is 12.8 Å². The highest BCUT2D eigenvalue weighted by atomic mass is 32.2. The summed E-state index contributed by atoms with van der Waals surface area (Å²) in [6.07, 6.45) is 4.63. The Bertz CT molecular complexity index is 307. The Morgan fingerprint density at radius 2 is 2.40 bits per heavy atom. The van der Waals surface area contributed by atoms with Crippen LogP contribution >= 0.6 is 11.8 Å². The van der Waals surface area contributed by atoms with Crippen LogP contribution in [-0.4, -0.2) is 32.0 Å². The van der Waals surface area contributed by atoms with Gasteiger partial charge in [0.15, 0.2) is 0 Å². The van der Waals surface area contributed by atoms with Gasteiger partial charge in [0.05, 0.1) is 6.04 Å². The van der Waals surface area contributed by atoms with Crippen molar-refractivity contribution in [1.82, 2.24) is 20.2 Å². The number of rotatable bonds is 6. The summed E-state index contributed by atoms with van der Waals surface area (Å²) in [5, 5.41) is 12.7. The molecule has 0 aliphatic heterocycles. The second-order valence-electron chi connectivity index (χ2n) is 4.11. The Morgan fingerprint density at radius 1 is 1.60 bits per heavy atom. The molecule has 0 spiro atoms. The molecular formula is C9H17N5S. The molecular weight excluding hydrogens is 210 g/mol. The SMILES string of the molecule is CC(N)CCCSc1nnnn1C1CC1. The van der Waals surface area contributed by atoms with Gasteiger partial charge in [-0.05, 0) is 43.0 Å². The molecule has 1 fully saturated rings. The lowest BCUT2D eigenvalue weighted by Crippen LogP contribution is -2.14. The highest BCUT2D eigenvalue weighted by Gasteiger charge is 2.27. The summed E-state index contributed by atoms with van der Waals surface area (Å²) >= 11 is 1.74. The summed E-state index contributed by atoms with van der Waals surface area (Å²) in [5.74, 6) is 1.05. The van der Waals surface area contributed by atoms with E-state index in [1.807, 2.05) is 11.6 Å². The van der Waals surface area contributed by atoms with Crippen LogP contribution in [-0.2, 0) is 0 Å². The molecule has 6 heteroatoms. The maximum atomic E-state index is 5.69. The average Bonchev–Trinajstić information content (AvgIpc) is 2.93. The van der Waals surface area contributed by atoms with E-state index in [1.54, 1.807) is 11.8 Å². The summed E-state index contributed by atoms with van der Waals surface area (Å²) in [4.78, 5) is 0. The van der Waals surface area contributed by atoms with Crippen molar-refractivity contribution in [1.29, 1.82) is 0 Å². The van der Waals surface area contributed by atoms with Gasteiger partial charge in [0.25, 0.3) is 0 Å². The second kappa shape index (κ2) is 4.94. The number of nitrogens with zero attached hydrogens (tertiary/aromatic N) is 4. The monoisotopic (exact) mass is 227 g/mol. The summed E-state index contributed by atoms with van der Waals surface area (Å²) in [6.45, 7) is 2.04. The zero-order valence-corrected chi connectivity index (χ0v) is 9.78. The topological polar surface area (TPSA) is 69.6 Å². The minimum Gasteiger partial charge on any atom is -0.328 e. The molecule has 1 atom stereocenters. The molecule has 1 aliphatic rings. The maximum absolute atomic E-state index is 5.69. The van der Waals surface area contributed by atoms with Crippen LogP contribution in [0.2, 0.25) is 0 Å². The van der Waals surface area contributed by atoms with Crippen LogP contribution in [0.4, 0.5) is 0 Å². The minimum atomic E-state index is 0.296. The van der Waals surface area contributed by atoms with Crippen LogP contribution < -0.4 is 5.73 Å². The van der Waals surface area contributed by atoms with Crippen molar-refractivity contribution in [3.8, 4) is 0 Å². The number of hydrogen-bond acceptors (Lipinski definition) is 5. The molecule has 1 aromatic rings. The van der Waals surface area contributed by atoms with Gasteiger partial charge in [0.1, 0.15) is 0 Å². The first kappa shape index (κ1) is 10.9. The van der Waals surface area contributed by atoms with Crippen molar-refractivity contribution < 1.29 is 0 Å². The lowest BCUT2D eigenvalue weighted by molar-refractivity contribution is 0.565. The predicted molar refractivity (Wildman–Crippen MR) is 59.7 cm³/mol. The van der Waals surface area contributed by atoms with E-state index in [-0.39, 0.29) is 0 Å². The molecule has 5 nitrogen and oxygen atoms in total. The van der Waals surface area contributed by atoms with Gasteiger partial charge in [-0.15, -0.1) is 5.10 Å². The Hall–Kier alpha value is -0.620. The van der Waals surface area contributed by atoms with Gasteiger partial charge in [-0.1, -0.05) is 11.8 Å². The van der Waals surface area contributed by atoms with Gasteiger partial charge in [0, 0.05) is 11.8 Å².